The van der Waals surface area contributed by atoms with Crippen molar-refractivity contribution < 1.29 is 9.53 Å². The van der Waals surface area contributed by atoms with Crippen molar-refractivity contribution in [3.8, 4) is 11.5 Å². The third-order valence-electron chi connectivity index (χ3n) is 5.31. The number of nitrogens with zero attached hydrogens (tertiary/aromatic N) is 5. The number of nitrogens with one attached hydrogen (secondary N) is 1. The summed E-state index contributed by atoms with van der Waals surface area (Å²) in [5.41, 5.74) is 0.967. The molecule has 146 valence electrons. The average Bonchev–Trinajstić information content (AvgIpc) is 3.27. The molecule has 8 heteroatoms. The van der Waals surface area contributed by atoms with Gasteiger partial charge in [0.1, 0.15) is 0 Å². The second kappa shape index (κ2) is 8.56. The van der Waals surface area contributed by atoms with E-state index in [1.165, 1.54) is 0 Å². The number of H-pyrrole nitrogens is 1. The van der Waals surface area contributed by atoms with Crippen LogP contribution in [0.25, 0.3) is 11.5 Å². The summed E-state index contributed by atoms with van der Waals surface area (Å²) < 4.78 is 7.77. The minimum Gasteiger partial charge on any atom is -0.380 e. The lowest BCUT2D eigenvalue weighted by atomic mass is 10.1. The Hall–Kier alpha value is -2.35. The maximum Gasteiger partial charge on any atom is 0.227 e. The van der Waals surface area contributed by atoms with Crippen LogP contribution < -0.4 is 4.90 Å². The van der Waals surface area contributed by atoms with Crippen molar-refractivity contribution >= 4 is 11.9 Å². The number of carbonyl (C=O) groups excluding carboxylic acids is 1. The molecular weight excluding hydrogens is 344 g/mol. The van der Waals surface area contributed by atoms with Gasteiger partial charge in [0.05, 0.1) is 12.3 Å². The number of ether oxygens (including phenoxy) is 1. The lowest BCUT2D eigenvalue weighted by Gasteiger charge is -2.27. The highest BCUT2D eigenvalue weighted by Gasteiger charge is 2.22. The van der Waals surface area contributed by atoms with E-state index in [9.17, 15) is 4.79 Å². The number of hydrogen-bond acceptors (Lipinski definition) is 5. The summed E-state index contributed by atoms with van der Waals surface area (Å²) in [6.45, 7) is 5.74. The van der Waals surface area contributed by atoms with Gasteiger partial charge in [-0.05, 0) is 37.8 Å². The summed E-state index contributed by atoms with van der Waals surface area (Å²) in [5.74, 6) is 2.04. The normalized spacial score (nSPS) is 18.7. The SMILES string of the molecule is O=C1CCCCN1CCCn1c(-c2ccc[nH]2)nnc1N1CCCOCC1. The molecule has 27 heavy (non-hydrogen) atoms. The summed E-state index contributed by atoms with van der Waals surface area (Å²) in [4.78, 5) is 19.6. The summed E-state index contributed by atoms with van der Waals surface area (Å²) in [7, 11) is 0. The molecule has 4 heterocycles. The first-order valence-electron chi connectivity index (χ1n) is 10.0. The zero-order valence-electron chi connectivity index (χ0n) is 15.8. The van der Waals surface area contributed by atoms with Crippen LogP contribution in [0.5, 0.6) is 0 Å². The maximum atomic E-state index is 12.1. The Kier molecular flexibility index (Phi) is 5.72. The van der Waals surface area contributed by atoms with Crippen molar-refractivity contribution in [2.75, 3.05) is 44.3 Å². The number of likely N-dealkylation sites (tertiary alicyclic amines) is 1. The monoisotopic (exact) mass is 372 g/mol. The summed E-state index contributed by atoms with van der Waals surface area (Å²) in [6, 6.07) is 3.99. The van der Waals surface area contributed by atoms with Crippen LogP contribution in [0.15, 0.2) is 18.3 Å². The van der Waals surface area contributed by atoms with Gasteiger partial charge < -0.3 is 19.5 Å². The molecule has 0 saturated carbocycles. The Morgan fingerprint density at radius 3 is 2.89 bits per heavy atom. The van der Waals surface area contributed by atoms with Crippen LogP contribution in [0.1, 0.15) is 32.1 Å². The Labute approximate surface area is 159 Å². The molecule has 0 bridgehead atoms. The van der Waals surface area contributed by atoms with Crippen molar-refractivity contribution in [3.63, 3.8) is 0 Å². The molecule has 0 atom stereocenters. The molecule has 2 aromatic rings. The molecule has 0 unspecified atom stereocenters. The first kappa shape index (κ1) is 18.0. The zero-order valence-corrected chi connectivity index (χ0v) is 15.8. The van der Waals surface area contributed by atoms with E-state index in [-0.39, 0.29) is 0 Å². The van der Waals surface area contributed by atoms with Crippen molar-refractivity contribution in [2.24, 2.45) is 0 Å². The van der Waals surface area contributed by atoms with E-state index >= 15 is 0 Å². The molecular formula is C19H28N6O2. The lowest BCUT2D eigenvalue weighted by molar-refractivity contribution is -0.133. The maximum absolute atomic E-state index is 12.1. The van der Waals surface area contributed by atoms with Gasteiger partial charge in [0.2, 0.25) is 11.9 Å². The molecule has 0 aliphatic carbocycles. The minimum absolute atomic E-state index is 0.291. The van der Waals surface area contributed by atoms with Gasteiger partial charge in [0, 0.05) is 51.9 Å². The number of rotatable bonds is 6. The van der Waals surface area contributed by atoms with Gasteiger partial charge in [-0.3, -0.25) is 9.36 Å². The van der Waals surface area contributed by atoms with Crippen molar-refractivity contribution in [2.45, 2.75) is 38.6 Å². The molecule has 2 aliphatic rings. The predicted molar refractivity (Wildman–Crippen MR) is 103 cm³/mol. The molecule has 4 rings (SSSR count). The van der Waals surface area contributed by atoms with E-state index in [1.54, 1.807) is 0 Å². The third kappa shape index (κ3) is 4.16. The molecule has 0 spiro atoms. The van der Waals surface area contributed by atoms with Crippen LogP contribution in [-0.2, 0) is 16.1 Å². The van der Waals surface area contributed by atoms with Crippen LogP contribution >= 0.6 is 0 Å². The molecule has 1 amide bonds. The number of aromatic amines is 1. The zero-order chi connectivity index (χ0) is 18.5. The van der Waals surface area contributed by atoms with Gasteiger partial charge in [0.15, 0.2) is 5.82 Å². The summed E-state index contributed by atoms with van der Waals surface area (Å²) >= 11 is 0. The standard InChI is InChI=1S/C19H28N6O2/c26-17-7-1-2-9-23(17)10-4-12-25-18(16-6-3-8-20-16)21-22-19(25)24-11-5-14-27-15-13-24/h3,6,8,20H,1-2,4-5,7,9-15H2. The number of aromatic nitrogens is 4. The number of amides is 1. The average molecular weight is 372 g/mol. The molecule has 8 nitrogen and oxygen atoms in total. The Balaban J connectivity index is 1.51. The van der Waals surface area contributed by atoms with Crippen molar-refractivity contribution in [1.82, 2.24) is 24.6 Å². The Morgan fingerprint density at radius 2 is 2.04 bits per heavy atom. The fourth-order valence-electron chi connectivity index (χ4n) is 3.87. The number of carbonyl (C=O) groups is 1. The second-order valence-corrected chi connectivity index (χ2v) is 7.20. The molecule has 2 aromatic heterocycles. The van der Waals surface area contributed by atoms with Crippen LogP contribution in [-0.4, -0.2) is 69.9 Å². The summed E-state index contributed by atoms with van der Waals surface area (Å²) in [6.07, 6.45) is 6.63. The third-order valence-corrected chi connectivity index (χ3v) is 5.31. The van der Waals surface area contributed by atoms with Crippen molar-refractivity contribution in [3.05, 3.63) is 18.3 Å². The number of anilines is 1. The highest BCUT2D eigenvalue weighted by molar-refractivity contribution is 5.76. The topological polar surface area (TPSA) is 79.3 Å². The molecule has 2 aliphatic heterocycles. The first-order chi connectivity index (χ1) is 13.3. The van der Waals surface area contributed by atoms with Crippen LogP contribution in [0.4, 0.5) is 5.95 Å². The van der Waals surface area contributed by atoms with Gasteiger partial charge >= 0.3 is 0 Å². The molecule has 2 saturated heterocycles. The highest BCUT2D eigenvalue weighted by Crippen LogP contribution is 2.23. The fourth-order valence-corrected chi connectivity index (χ4v) is 3.87. The first-order valence-corrected chi connectivity index (χ1v) is 10.0. The van der Waals surface area contributed by atoms with Gasteiger partial charge in [-0.1, -0.05) is 0 Å². The smallest absolute Gasteiger partial charge is 0.227 e. The van der Waals surface area contributed by atoms with E-state index in [1.807, 2.05) is 23.2 Å². The highest BCUT2D eigenvalue weighted by atomic mass is 16.5. The van der Waals surface area contributed by atoms with Gasteiger partial charge in [-0.2, -0.15) is 0 Å². The largest absolute Gasteiger partial charge is 0.380 e. The van der Waals surface area contributed by atoms with Crippen LogP contribution in [0, 0.1) is 0 Å². The second-order valence-electron chi connectivity index (χ2n) is 7.20. The van der Waals surface area contributed by atoms with Gasteiger partial charge in [0.25, 0.3) is 0 Å². The minimum atomic E-state index is 0.291. The Morgan fingerprint density at radius 1 is 1.07 bits per heavy atom. The van der Waals surface area contributed by atoms with E-state index < -0.39 is 0 Å². The quantitative estimate of drug-likeness (QED) is 0.838. The molecule has 0 aromatic carbocycles. The lowest BCUT2D eigenvalue weighted by Crippen LogP contribution is -2.36. The van der Waals surface area contributed by atoms with E-state index in [2.05, 4.69) is 24.6 Å². The number of piperidine rings is 1. The molecule has 0 radical (unpaired) electrons. The predicted octanol–water partition coefficient (Wildman–Crippen LogP) is 1.90. The van der Waals surface area contributed by atoms with Gasteiger partial charge in [-0.25, -0.2) is 0 Å². The van der Waals surface area contributed by atoms with E-state index in [0.29, 0.717) is 18.9 Å². The van der Waals surface area contributed by atoms with Crippen LogP contribution in [0.3, 0.4) is 0 Å². The molecule has 1 N–H and O–H groups in total. The van der Waals surface area contributed by atoms with Gasteiger partial charge in [-0.15, -0.1) is 10.2 Å². The van der Waals surface area contributed by atoms with Crippen LogP contribution in [0.2, 0.25) is 0 Å². The Bertz CT molecular complexity index is 733. The fraction of sp³-hybridized carbons (Fsp3) is 0.632. The number of hydrogen-bond donors (Lipinski definition) is 1. The molecule has 2 fully saturated rings. The van der Waals surface area contributed by atoms with E-state index in [0.717, 1.165) is 82.5 Å². The summed E-state index contributed by atoms with van der Waals surface area (Å²) in [5, 5.41) is 8.96. The van der Waals surface area contributed by atoms with E-state index in [4.69, 9.17) is 4.74 Å². The van der Waals surface area contributed by atoms with Crippen molar-refractivity contribution in [1.29, 1.82) is 0 Å².